The van der Waals surface area contributed by atoms with Gasteiger partial charge < -0.3 is 19.7 Å². The largest absolute Gasteiger partial charge is 0.497 e. The van der Waals surface area contributed by atoms with Crippen LogP contribution in [0.15, 0.2) is 41.2 Å². The molecular formula is C16H19N3O3. The van der Waals surface area contributed by atoms with E-state index in [1.165, 1.54) is 0 Å². The third kappa shape index (κ3) is 3.28. The second kappa shape index (κ2) is 6.62. The van der Waals surface area contributed by atoms with Crippen LogP contribution in [0.3, 0.4) is 0 Å². The summed E-state index contributed by atoms with van der Waals surface area (Å²) in [6.07, 6.45) is 2.84. The number of carbonyl (C=O) groups is 1. The average molecular weight is 301 g/mol. The van der Waals surface area contributed by atoms with Crippen LogP contribution in [0, 0.1) is 0 Å². The predicted octanol–water partition coefficient (Wildman–Crippen LogP) is 1.14. The minimum atomic E-state index is -0.407. The number of hydrogen-bond donors (Lipinski definition) is 1. The Labute approximate surface area is 129 Å². The minimum absolute atomic E-state index is 0.322. The van der Waals surface area contributed by atoms with Crippen molar-refractivity contribution in [3.8, 4) is 5.75 Å². The zero-order valence-corrected chi connectivity index (χ0v) is 12.5. The van der Waals surface area contributed by atoms with Crippen molar-refractivity contribution in [1.82, 2.24) is 10.2 Å². The van der Waals surface area contributed by atoms with E-state index in [9.17, 15) is 4.79 Å². The highest BCUT2D eigenvalue weighted by atomic mass is 16.6. The summed E-state index contributed by atoms with van der Waals surface area (Å²) in [7, 11) is 1.60. The molecule has 116 valence electrons. The van der Waals surface area contributed by atoms with Crippen LogP contribution >= 0.6 is 0 Å². The van der Waals surface area contributed by atoms with E-state index in [4.69, 9.17) is 9.47 Å². The molecular weight excluding hydrogens is 282 g/mol. The molecule has 0 amide bonds. The summed E-state index contributed by atoms with van der Waals surface area (Å²) in [5, 5.41) is 3.32. The molecule has 2 heterocycles. The zero-order valence-electron chi connectivity index (χ0n) is 12.5. The van der Waals surface area contributed by atoms with Crippen LogP contribution in [0.5, 0.6) is 5.75 Å². The highest BCUT2D eigenvalue weighted by Crippen LogP contribution is 2.20. The summed E-state index contributed by atoms with van der Waals surface area (Å²) in [5.41, 5.74) is 1.08. The summed E-state index contributed by atoms with van der Waals surface area (Å²) < 4.78 is 10.5. The summed E-state index contributed by atoms with van der Waals surface area (Å²) in [6.45, 7) is 3.68. The van der Waals surface area contributed by atoms with E-state index in [2.05, 4.69) is 15.2 Å². The smallest absolute Gasteiger partial charge is 0.365 e. The third-order valence-corrected chi connectivity index (χ3v) is 3.62. The number of hydrogen-bond acceptors (Lipinski definition) is 6. The van der Waals surface area contributed by atoms with Crippen LogP contribution in [-0.4, -0.2) is 50.1 Å². The number of nitrogens with zero attached hydrogens (tertiary/aromatic N) is 2. The molecule has 0 spiro atoms. The first-order valence-electron chi connectivity index (χ1n) is 7.38. The van der Waals surface area contributed by atoms with E-state index in [0.29, 0.717) is 17.3 Å². The molecule has 0 radical (unpaired) electrons. The summed E-state index contributed by atoms with van der Waals surface area (Å²) in [6, 6.07) is 7.31. The first-order chi connectivity index (χ1) is 10.8. The average Bonchev–Trinajstić information content (AvgIpc) is 2.75. The Balaban J connectivity index is 1.81. The summed E-state index contributed by atoms with van der Waals surface area (Å²) in [4.78, 5) is 18.4. The van der Waals surface area contributed by atoms with Crippen molar-refractivity contribution in [2.24, 2.45) is 4.99 Å². The van der Waals surface area contributed by atoms with E-state index >= 15 is 0 Å². The van der Waals surface area contributed by atoms with Crippen molar-refractivity contribution in [3.05, 3.63) is 41.7 Å². The molecule has 0 saturated carbocycles. The molecule has 1 N–H and O–H groups in total. The number of carbonyl (C=O) groups excluding carboxylic acids is 1. The molecule has 6 nitrogen and oxygen atoms in total. The van der Waals surface area contributed by atoms with Gasteiger partial charge in [0.05, 0.1) is 7.11 Å². The molecule has 2 aliphatic heterocycles. The van der Waals surface area contributed by atoms with Gasteiger partial charge in [0.1, 0.15) is 5.75 Å². The number of rotatable bonds is 3. The highest BCUT2D eigenvalue weighted by Gasteiger charge is 2.25. The SMILES string of the molecule is COc1cccc(C2=NC(=CN3CCCNCC3)C(=O)O2)c1. The number of cyclic esters (lactones) is 1. The van der Waals surface area contributed by atoms with Gasteiger partial charge in [-0.05, 0) is 31.2 Å². The third-order valence-electron chi connectivity index (χ3n) is 3.62. The number of methoxy groups -OCH3 is 1. The molecule has 2 aliphatic rings. The Morgan fingerprint density at radius 1 is 1.36 bits per heavy atom. The van der Waals surface area contributed by atoms with Gasteiger partial charge in [0, 0.05) is 31.4 Å². The van der Waals surface area contributed by atoms with Crippen molar-refractivity contribution >= 4 is 11.9 Å². The van der Waals surface area contributed by atoms with Crippen molar-refractivity contribution in [1.29, 1.82) is 0 Å². The Morgan fingerprint density at radius 3 is 3.14 bits per heavy atom. The molecule has 0 unspecified atom stereocenters. The first-order valence-corrected chi connectivity index (χ1v) is 7.38. The van der Waals surface area contributed by atoms with Crippen molar-refractivity contribution < 1.29 is 14.3 Å². The summed E-state index contributed by atoms with van der Waals surface area (Å²) in [5.74, 6) is 0.616. The molecule has 0 aromatic heterocycles. The van der Waals surface area contributed by atoms with Gasteiger partial charge in [-0.1, -0.05) is 6.07 Å². The maximum Gasteiger partial charge on any atom is 0.365 e. The van der Waals surface area contributed by atoms with Crippen molar-refractivity contribution in [3.63, 3.8) is 0 Å². The van der Waals surface area contributed by atoms with Gasteiger partial charge in [0.25, 0.3) is 0 Å². The van der Waals surface area contributed by atoms with Gasteiger partial charge in [-0.2, -0.15) is 0 Å². The summed E-state index contributed by atoms with van der Waals surface area (Å²) >= 11 is 0. The van der Waals surface area contributed by atoms with Crippen LogP contribution < -0.4 is 10.1 Å². The van der Waals surface area contributed by atoms with E-state index in [1.54, 1.807) is 19.4 Å². The van der Waals surface area contributed by atoms with Crippen LogP contribution in [0.1, 0.15) is 12.0 Å². The number of benzene rings is 1. The Bertz CT molecular complexity index is 617. The quantitative estimate of drug-likeness (QED) is 0.670. The number of esters is 1. The normalized spacial score (nSPS) is 20.6. The van der Waals surface area contributed by atoms with Crippen LogP contribution in [-0.2, 0) is 9.53 Å². The second-order valence-corrected chi connectivity index (χ2v) is 5.19. The molecule has 1 saturated heterocycles. The Morgan fingerprint density at radius 2 is 2.27 bits per heavy atom. The molecule has 3 rings (SSSR count). The van der Waals surface area contributed by atoms with Gasteiger partial charge in [-0.15, -0.1) is 0 Å². The van der Waals surface area contributed by atoms with Crippen LogP contribution in [0.25, 0.3) is 0 Å². The lowest BCUT2D eigenvalue weighted by atomic mass is 10.2. The highest BCUT2D eigenvalue weighted by molar-refractivity contribution is 6.11. The van der Waals surface area contributed by atoms with E-state index in [1.807, 2.05) is 18.2 Å². The molecule has 22 heavy (non-hydrogen) atoms. The lowest BCUT2D eigenvalue weighted by Crippen LogP contribution is -2.24. The van der Waals surface area contributed by atoms with Crippen LogP contribution in [0.2, 0.25) is 0 Å². The maximum absolute atomic E-state index is 12.0. The lowest BCUT2D eigenvalue weighted by molar-refractivity contribution is -0.130. The zero-order chi connectivity index (χ0) is 15.4. The topological polar surface area (TPSA) is 63.2 Å². The first kappa shape index (κ1) is 14.6. The Kier molecular flexibility index (Phi) is 4.39. The van der Waals surface area contributed by atoms with Gasteiger partial charge >= 0.3 is 5.97 Å². The number of nitrogens with one attached hydrogen (secondary N) is 1. The van der Waals surface area contributed by atoms with Gasteiger partial charge in [0.15, 0.2) is 5.70 Å². The second-order valence-electron chi connectivity index (χ2n) is 5.19. The lowest BCUT2D eigenvalue weighted by Gasteiger charge is -2.16. The molecule has 0 aliphatic carbocycles. The monoisotopic (exact) mass is 301 g/mol. The van der Waals surface area contributed by atoms with Gasteiger partial charge in [-0.25, -0.2) is 9.79 Å². The molecule has 6 heteroatoms. The fourth-order valence-electron chi connectivity index (χ4n) is 2.45. The van der Waals surface area contributed by atoms with E-state index in [0.717, 1.165) is 38.2 Å². The van der Waals surface area contributed by atoms with Crippen LogP contribution in [0.4, 0.5) is 0 Å². The van der Waals surface area contributed by atoms with Crippen molar-refractivity contribution in [2.45, 2.75) is 6.42 Å². The molecule has 0 bridgehead atoms. The molecule has 1 aromatic rings. The van der Waals surface area contributed by atoms with E-state index < -0.39 is 5.97 Å². The van der Waals surface area contributed by atoms with E-state index in [-0.39, 0.29) is 0 Å². The maximum atomic E-state index is 12.0. The molecule has 1 fully saturated rings. The van der Waals surface area contributed by atoms with Crippen molar-refractivity contribution in [2.75, 3.05) is 33.3 Å². The van der Waals surface area contributed by atoms with Gasteiger partial charge in [-0.3, -0.25) is 0 Å². The fourth-order valence-corrected chi connectivity index (χ4v) is 2.45. The number of aliphatic imine (C=N–C) groups is 1. The predicted molar refractivity (Wildman–Crippen MR) is 82.8 cm³/mol. The minimum Gasteiger partial charge on any atom is -0.497 e. The molecule has 0 atom stereocenters. The Hall–Kier alpha value is -2.34. The van der Waals surface area contributed by atoms with Gasteiger partial charge in [0.2, 0.25) is 5.90 Å². The standard InChI is InChI=1S/C16H19N3O3/c1-21-13-5-2-4-12(10-13)15-18-14(16(20)22-15)11-19-8-3-6-17-7-9-19/h2,4-5,10-11,17H,3,6-9H2,1H3. The fraction of sp³-hybridized carbons (Fsp3) is 0.375. The molecule has 1 aromatic carbocycles. The number of ether oxygens (including phenoxy) is 2.